The molecule has 0 unspecified atom stereocenters. The number of hydrogen-bond donors (Lipinski definition) is 2. The number of piperazine rings is 1. The lowest BCUT2D eigenvalue weighted by molar-refractivity contribution is 0.312. The van der Waals surface area contributed by atoms with Gasteiger partial charge in [-0.05, 0) is 48.9 Å². The maximum Gasteiger partial charge on any atom is 0.264 e. The minimum absolute atomic E-state index is 0.0198. The second-order valence-corrected chi connectivity index (χ2v) is 11.9. The average Bonchev–Trinajstić information content (AvgIpc) is 2.93. The molecule has 0 amide bonds. The summed E-state index contributed by atoms with van der Waals surface area (Å²) in [6.45, 7) is 8.05. The van der Waals surface area contributed by atoms with Gasteiger partial charge in [0.2, 0.25) is 11.8 Å². The van der Waals surface area contributed by atoms with Crippen molar-refractivity contribution >= 4 is 27.3 Å². The number of hydrogen-bond acceptors (Lipinski definition) is 8. The molecule has 4 aromatic rings. The molecular weight excluding hydrogens is 524 g/mol. The van der Waals surface area contributed by atoms with Crippen LogP contribution in [-0.4, -0.2) is 56.5 Å². The molecule has 40 heavy (non-hydrogen) atoms. The first-order valence-corrected chi connectivity index (χ1v) is 14.7. The Balaban J connectivity index is 1.52. The predicted octanol–water partition coefficient (Wildman–Crippen LogP) is 5.19. The third-order valence-corrected chi connectivity index (χ3v) is 8.19. The molecule has 0 spiro atoms. The van der Waals surface area contributed by atoms with Crippen molar-refractivity contribution in [2.45, 2.75) is 24.7 Å². The molecule has 10 heteroatoms. The van der Waals surface area contributed by atoms with Gasteiger partial charge in [-0.2, -0.15) is 4.98 Å². The van der Waals surface area contributed by atoms with Crippen molar-refractivity contribution in [3.05, 3.63) is 84.4 Å². The quantitative estimate of drug-likeness (QED) is 0.284. The second kappa shape index (κ2) is 11.5. The van der Waals surface area contributed by atoms with Crippen molar-refractivity contribution < 1.29 is 13.2 Å². The molecule has 2 heterocycles. The van der Waals surface area contributed by atoms with Crippen molar-refractivity contribution in [3.8, 4) is 22.9 Å². The zero-order chi connectivity index (χ0) is 28.3. The number of sulfonamides is 1. The Morgan fingerprint density at radius 1 is 0.900 bits per heavy atom. The van der Waals surface area contributed by atoms with Crippen LogP contribution in [0.3, 0.4) is 0 Å². The van der Waals surface area contributed by atoms with Gasteiger partial charge in [-0.15, -0.1) is 0 Å². The van der Waals surface area contributed by atoms with E-state index in [-0.39, 0.29) is 22.6 Å². The number of anilines is 3. The number of aromatic nitrogens is 2. The lowest BCUT2D eigenvalue weighted by Gasteiger charge is -2.34. The number of nitrogen functional groups attached to an aromatic ring is 1. The fraction of sp³-hybridized carbons (Fsp3) is 0.267. The van der Waals surface area contributed by atoms with Crippen LogP contribution >= 0.6 is 0 Å². The van der Waals surface area contributed by atoms with Gasteiger partial charge in [-0.25, -0.2) is 18.1 Å². The highest BCUT2D eigenvalue weighted by atomic mass is 32.2. The molecule has 1 aliphatic rings. The standard InChI is InChI=1S/C30H34N6O3S/c1-21(2)26-12-4-5-13-27(26)28-20-29(33-30(32-28)34-40(37,38)25-11-6-8-22(31)18-25)39-24-10-7-9-23(19-24)36-16-14-35(3)15-17-36/h4-13,18-21H,14-17,31H2,1-3H3,(H,32,33,34). The first kappa shape index (κ1) is 27.4. The summed E-state index contributed by atoms with van der Waals surface area (Å²) >= 11 is 0. The molecule has 1 aromatic heterocycles. The first-order chi connectivity index (χ1) is 19.2. The van der Waals surface area contributed by atoms with Crippen molar-refractivity contribution in [2.75, 3.05) is 48.6 Å². The van der Waals surface area contributed by atoms with Gasteiger partial charge in [-0.1, -0.05) is 50.2 Å². The third kappa shape index (κ3) is 6.35. The minimum Gasteiger partial charge on any atom is -0.439 e. The Kier molecular flexibility index (Phi) is 7.90. The van der Waals surface area contributed by atoms with Gasteiger partial charge in [0.15, 0.2) is 0 Å². The molecule has 1 saturated heterocycles. The summed E-state index contributed by atoms with van der Waals surface area (Å²) < 4.78 is 35.1. The van der Waals surface area contributed by atoms with Gasteiger partial charge >= 0.3 is 0 Å². The molecule has 1 aliphatic heterocycles. The Bertz CT molecular complexity index is 1600. The number of ether oxygens (including phenoxy) is 1. The maximum atomic E-state index is 13.2. The molecule has 5 rings (SSSR count). The molecule has 9 nitrogen and oxygen atoms in total. The highest BCUT2D eigenvalue weighted by Gasteiger charge is 2.20. The van der Waals surface area contributed by atoms with Gasteiger partial charge in [0.05, 0.1) is 10.6 Å². The molecule has 0 aliphatic carbocycles. The molecule has 208 valence electrons. The van der Waals surface area contributed by atoms with Crippen LogP contribution in [-0.2, 0) is 10.0 Å². The number of likely N-dealkylation sites (N-methyl/N-ethyl adjacent to an activating group) is 1. The summed E-state index contributed by atoms with van der Waals surface area (Å²) in [6.07, 6.45) is 0. The van der Waals surface area contributed by atoms with Crippen LogP contribution in [0.2, 0.25) is 0 Å². The van der Waals surface area contributed by atoms with Crippen molar-refractivity contribution in [2.24, 2.45) is 0 Å². The summed E-state index contributed by atoms with van der Waals surface area (Å²) in [6, 6.07) is 23.6. The second-order valence-electron chi connectivity index (χ2n) is 10.2. The smallest absolute Gasteiger partial charge is 0.264 e. The lowest BCUT2D eigenvalue weighted by atomic mass is 9.95. The van der Waals surface area contributed by atoms with Crippen molar-refractivity contribution in [3.63, 3.8) is 0 Å². The topological polar surface area (TPSA) is 114 Å². The van der Waals surface area contributed by atoms with E-state index < -0.39 is 10.0 Å². The fourth-order valence-electron chi connectivity index (χ4n) is 4.68. The predicted molar refractivity (Wildman–Crippen MR) is 159 cm³/mol. The van der Waals surface area contributed by atoms with Crippen LogP contribution in [0.4, 0.5) is 17.3 Å². The van der Waals surface area contributed by atoms with E-state index in [0.717, 1.165) is 43.0 Å². The Hall–Kier alpha value is -4.15. The third-order valence-electron chi connectivity index (χ3n) is 6.86. The van der Waals surface area contributed by atoms with E-state index in [0.29, 0.717) is 17.1 Å². The number of nitrogens with one attached hydrogen (secondary N) is 1. The highest BCUT2D eigenvalue weighted by molar-refractivity contribution is 7.92. The van der Waals surface area contributed by atoms with E-state index in [4.69, 9.17) is 10.5 Å². The maximum absolute atomic E-state index is 13.2. The lowest BCUT2D eigenvalue weighted by Crippen LogP contribution is -2.44. The summed E-state index contributed by atoms with van der Waals surface area (Å²) in [5, 5.41) is 0. The summed E-state index contributed by atoms with van der Waals surface area (Å²) in [7, 11) is -1.87. The molecule has 0 bridgehead atoms. The Morgan fingerprint density at radius 2 is 1.65 bits per heavy atom. The zero-order valence-corrected chi connectivity index (χ0v) is 23.7. The molecule has 0 radical (unpaired) electrons. The highest BCUT2D eigenvalue weighted by Crippen LogP contribution is 2.33. The SMILES string of the molecule is CC(C)c1ccccc1-c1cc(Oc2cccc(N3CCN(C)CC3)c2)nc(NS(=O)(=O)c2cccc(N)c2)n1. The van der Waals surface area contributed by atoms with Crippen LogP contribution in [0.25, 0.3) is 11.3 Å². The number of nitrogens with zero attached hydrogens (tertiary/aromatic N) is 4. The molecular formula is C30H34N6O3S. The van der Waals surface area contributed by atoms with E-state index in [9.17, 15) is 8.42 Å². The number of nitrogens with two attached hydrogens (primary N) is 1. The van der Waals surface area contributed by atoms with Gasteiger partial charge in [0, 0.05) is 55.2 Å². The normalized spacial score (nSPS) is 14.3. The molecule has 0 atom stereocenters. The summed E-state index contributed by atoms with van der Waals surface area (Å²) in [5.74, 6) is 0.958. The van der Waals surface area contributed by atoms with E-state index in [1.54, 1.807) is 18.2 Å². The molecule has 3 N–H and O–H groups in total. The minimum atomic E-state index is -4.00. The van der Waals surface area contributed by atoms with Crippen LogP contribution in [0, 0.1) is 0 Å². The Morgan fingerprint density at radius 3 is 2.40 bits per heavy atom. The number of rotatable bonds is 8. The van der Waals surface area contributed by atoms with Crippen molar-refractivity contribution in [1.29, 1.82) is 0 Å². The van der Waals surface area contributed by atoms with Gasteiger partial charge in [0.1, 0.15) is 5.75 Å². The van der Waals surface area contributed by atoms with E-state index in [2.05, 4.69) is 51.5 Å². The number of benzene rings is 3. The van der Waals surface area contributed by atoms with Crippen LogP contribution in [0.1, 0.15) is 25.3 Å². The van der Waals surface area contributed by atoms with Crippen LogP contribution in [0.15, 0.2) is 83.8 Å². The van der Waals surface area contributed by atoms with Gasteiger partial charge < -0.3 is 20.3 Å². The zero-order valence-electron chi connectivity index (χ0n) is 22.9. The fourth-order valence-corrected chi connectivity index (χ4v) is 5.68. The van der Waals surface area contributed by atoms with Crippen LogP contribution < -0.4 is 20.1 Å². The van der Waals surface area contributed by atoms with E-state index >= 15 is 0 Å². The molecule has 3 aromatic carbocycles. The largest absolute Gasteiger partial charge is 0.439 e. The molecule has 0 saturated carbocycles. The van der Waals surface area contributed by atoms with E-state index in [1.807, 2.05) is 42.5 Å². The van der Waals surface area contributed by atoms with Crippen LogP contribution in [0.5, 0.6) is 11.6 Å². The van der Waals surface area contributed by atoms with E-state index in [1.165, 1.54) is 12.1 Å². The first-order valence-electron chi connectivity index (χ1n) is 13.3. The molecule has 1 fully saturated rings. The summed E-state index contributed by atoms with van der Waals surface area (Å²) in [5.41, 5.74) is 9.73. The van der Waals surface area contributed by atoms with Gasteiger partial charge in [0.25, 0.3) is 10.0 Å². The van der Waals surface area contributed by atoms with Gasteiger partial charge in [-0.3, -0.25) is 0 Å². The van der Waals surface area contributed by atoms with Crippen molar-refractivity contribution in [1.82, 2.24) is 14.9 Å². The average molecular weight is 559 g/mol. The summed E-state index contributed by atoms with van der Waals surface area (Å²) in [4.78, 5) is 13.7. The Labute approximate surface area is 235 Å². The monoisotopic (exact) mass is 558 g/mol.